The van der Waals surface area contributed by atoms with Gasteiger partial charge >= 0.3 is 0 Å². The van der Waals surface area contributed by atoms with E-state index in [9.17, 15) is 4.39 Å². The van der Waals surface area contributed by atoms with Gasteiger partial charge in [0.15, 0.2) is 11.5 Å². The van der Waals surface area contributed by atoms with Gasteiger partial charge in [0, 0.05) is 19.1 Å². The smallest absolute Gasteiger partial charge is 0.161 e. The molecule has 3 aromatic carbocycles. The van der Waals surface area contributed by atoms with E-state index in [4.69, 9.17) is 9.47 Å². The van der Waals surface area contributed by atoms with Crippen molar-refractivity contribution in [1.29, 1.82) is 0 Å². The zero-order valence-electron chi connectivity index (χ0n) is 18.6. The van der Waals surface area contributed by atoms with Crippen molar-refractivity contribution in [2.24, 2.45) is 0 Å². The highest BCUT2D eigenvalue weighted by molar-refractivity contribution is 5.43. The van der Waals surface area contributed by atoms with E-state index in [1.54, 1.807) is 19.2 Å². The lowest BCUT2D eigenvalue weighted by atomic mass is 10.0. The second-order valence-corrected chi connectivity index (χ2v) is 8.32. The lowest BCUT2D eigenvalue weighted by molar-refractivity contribution is 0.190. The predicted molar refractivity (Wildman–Crippen MR) is 125 cm³/mol. The minimum absolute atomic E-state index is 0.245. The Morgan fingerprint density at radius 1 is 0.875 bits per heavy atom. The van der Waals surface area contributed by atoms with Gasteiger partial charge in [-0.15, -0.1) is 0 Å². The average molecular weight is 435 g/mol. The molecule has 0 amide bonds. The number of benzene rings is 3. The van der Waals surface area contributed by atoms with E-state index in [2.05, 4.69) is 46.6 Å². The largest absolute Gasteiger partial charge is 0.493 e. The molecule has 1 aliphatic heterocycles. The molecule has 1 heterocycles. The Morgan fingerprint density at radius 3 is 2.31 bits per heavy atom. The van der Waals surface area contributed by atoms with Crippen molar-refractivity contribution in [2.45, 2.75) is 38.6 Å². The van der Waals surface area contributed by atoms with Gasteiger partial charge in [0.05, 0.1) is 7.11 Å². The summed E-state index contributed by atoms with van der Waals surface area (Å²) < 4.78 is 24.5. The van der Waals surface area contributed by atoms with E-state index in [0.717, 1.165) is 44.6 Å². The number of nitrogens with one attached hydrogen (secondary N) is 1. The van der Waals surface area contributed by atoms with E-state index >= 15 is 0 Å². The van der Waals surface area contributed by atoms with Crippen LogP contribution >= 0.6 is 0 Å². The van der Waals surface area contributed by atoms with Gasteiger partial charge < -0.3 is 14.8 Å². The molecule has 0 spiro atoms. The van der Waals surface area contributed by atoms with Crippen molar-refractivity contribution < 1.29 is 13.9 Å². The first-order valence-electron chi connectivity index (χ1n) is 11.2. The van der Waals surface area contributed by atoms with Crippen LogP contribution in [-0.2, 0) is 19.7 Å². The maximum Gasteiger partial charge on any atom is 0.161 e. The molecule has 1 N–H and O–H groups in total. The molecule has 1 aliphatic rings. The maximum atomic E-state index is 13.1. The Kier molecular flexibility index (Phi) is 7.75. The second kappa shape index (κ2) is 11.1. The van der Waals surface area contributed by atoms with Crippen molar-refractivity contribution in [2.75, 3.05) is 20.2 Å². The summed E-state index contributed by atoms with van der Waals surface area (Å²) in [6.07, 6.45) is 2.31. The van der Waals surface area contributed by atoms with Crippen LogP contribution in [0.4, 0.5) is 4.39 Å². The van der Waals surface area contributed by atoms with Gasteiger partial charge in [0.2, 0.25) is 0 Å². The summed E-state index contributed by atoms with van der Waals surface area (Å²) in [7, 11) is 1.65. The molecular formula is C27H31FN2O2. The number of methoxy groups -OCH3 is 1. The van der Waals surface area contributed by atoms with Crippen molar-refractivity contribution in [3.63, 3.8) is 0 Å². The minimum atomic E-state index is -0.245. The summed E-state index contributed by atoms with van der Waals surface area (Å²) >= 11 is 0. The van der Waals surface area contributed by atoms with Crippen LogP contribution in [0.5, 0.6) is 11.5 Å². The molecule has 4 nitrogen and oxygen atoms in total. The highest BCUT2D eigenvalue weighted by Crippen LogP contribution is 2.29. The van der Waals surface area contributed by atoms with Crippen LogP contribution in [0.3, 0.4) is 0 Å². The first-order chi connectivity index (χ1) is 15.7. The van der Waals surface area contributed by atoms with Gasteiger partial charge in [-0.2, -0.15) is 0 Å². The molecule has 0 unspecified atom stereocenters. The molecule has 0 saturated carbocycles. The molecule has 5 heteroatoms. The van der Waals surface area contributed by atoms with E-state index in [1.165, 1.54) is 23.3 Å². The standard InChI is InChI=1S/C27H31FN2O2/c1-31-27-17-23(9-12-26(27)32-20-22-7-10-24(28)11-8-22)18-29-25-13-15-30(16-14-25)19-21-5-3-2-4-6-21/h2-12,17,25,29H,13-16,18-20H2,1H3. The number of nitrogens with zero attached hydrogens (tertiary/aromatic N) is 1. The number of halogens is 1. The summed E-state index contributed by atoms with van der Waals surface area (Å²) in [5.41, 5.74) is 3.47. The molecule has 32 heavy (non-hydrogen) atoms. The third kappa shape index (κ3) is 6.31. The minimum Gasteiger partial charge on any atom is -0.493 e. The summed E-state index contributed by atoms with van der Waals surface area (Å²) in [6.45, 7) is 4.44. The summed E-state index contributed by atoms with van der Waals surface area (Å²) in [6, 6.07) is 23.6. The molecule has 168 valence electrons. The molecule has 1 fully saturated rings. The van der Waals surface area contributed by atoms with E-state index < -0.39 is 0 Å². The number of hydrogen-bond donors (Lipinski definition) is 1. The topological polar surface area (TPSA) is 33.7 Å². The lowest BCUT2D eigenvalue weighted by Crippen LogP contribution is -2.41. The number of ether oxygens (including phenoxy) is 2. The Labute approximate surface area is 190 Å². The first kappa shape index (κ1) is 22.3. The van der Waals surface area contributed by atoms with Crippen LogP contribution in [0.2, 0.25) is 0 Å². The van der Waals surface area contributed by atoms with Gasteiger partial charge in [-0.25, -0.2) is 4.39 Å². The summed E-state index contributed by atoms with van der Waals surface area (Å²) in [5.74, 6) is 1.16. The molecule has 0 radical (unpaired) electrons. The van der Waals surface area contributed by atoms with Crippen molar-refractivity contribution in [1.82, 2.24) is 10.2 Å². The van der Waals surface area contributed by atoms with Gasteiger partial charge in [-0.3, -0.25) is 4.90 Å². The first-order valence-corrected chi connectivity index (χ1v) is 11.2. The Balaban J connectivity index is 1.24. The molecule has 3 aromatic rings. The third-order valence-electron chi connectivity index (χ3n) is 5.97. The molecule has 1 saturated heterocycles. The highest BCUT2D eigenvalue weighted by Gasteiger charge is 2.19. The number of likely N-dealkylation sites (tertiary alicyclic amines) is 1. The van der Waals surface area contributed by atoms with Gasteiger partial charge in [-0.1, -0.05) is 48.5 Å². The molecule has 4 rings (SSSR count). The predicted octanol–water partition coefficient (Wildman–Crippen LogP) is 5.17. The van der Waals surface area contributed by atoms with Crippen LogP contribution < -0.4 is 14.8 Å². The van der Waals surface area contributed by atoms with Gasteiger partial charge in [0.25, 0.3) is 0 Å². The van der Waals surface area contributed by atoms with Crippen molar-refractivity contribution in [3.8, 4) is 11.5 Å². The Morgan fingerprint density at radius 2 is 1.59 bits per heavy atom. The normalized spacial score (nSPS) is 14.9. The SMILES string of the molecule is COc1cc(CNC2CCN(Cc3ccccc3)CC2)ccc1OCc1ccc(F)cc1. The monoisotopic (exact) mass is 434 g/mol. The quantitative estimate of drug-likeness (QED) is 0.504. The fourth-order valence-electron chi connectivity index (χ4n) is 4.08. The number of piperidine rings is 1. The lowest BCUT2D eigenvalue weighted by Gasteiger charge is -2.32. The van der Waals surface area contributed by atoms with Crippen LogP contribution in [0.1, 0.15) is 29.5 Å². The molecule has 0 bridgehead atoms. The molecular weight excluding hydrogens is 403 g/mol. The van der Waals surface area contributed by atoms with Crippen LogP contribution in [0.25, 0.3) is 0 Å². The fourth-order valence-corrected chi connectivity index (χ4v) is 4.08. The highest BCUT2D eigenvalue weighted by atomic mass is 19.1. The third-order valence-corrected chi connectivity index (χ3v) is 5.97. The Bertz CT molecular complexity index is 971. The van der Waals surface area contributed by atoms with E-state index in [-0.39, 0.29) is 5.82 Å². The van der Waals surface area contributed by atoms with Gasteiger partial charge in [-0.05, 0) is 66.9 Å². The summed E-state index contributed by atoms with van der Waals surface area (Å²) in [5, 5.41) is 3.70. The fraction of sp³-hybridized carbons (Fsp3) is 0.333. The zero-order chi connectivity index (χ0) is 22.2. The van der Waals surface area contributed by atoms with Crippen LogP contribution in [-0.4, -0.2) is 31.1 Å². The van der Waals surface area contributed by atoms with E-state index in [0.29, 0.717) is 24.1 Å². The van der Waals surface area contributed by atoms with E-state index in [1.807, 2.05) is 12.1 Å². The second-order valence-electron chi connectivity index (χ2n) is 8.32. The van der Waals surface area contributed by atoms with Crippen molar-refractivity contribution >= 4 is 0 Å². The van der Waals surface area contributed by atoms with Crippen molar-refractivity contribution in [3.05, 3.63) is 95.3 Å². The van der Waals surface area contributed by atoms with Gasteiger partial charge in [0.1, 0.15) is 12.4 Å². The van der Waals surface area contributed by atoms with Crippen LogP contribution in [0, 0.1) is 5.82 Å². The number of rotatable bonds is 9. The maximum absolute atomic E-state index is 13.1. The number of hydrogen-bond acceptors (Lipinski definition) is 4. The molecule has 0 atom stereocenters. The average Bonchev–Trinajstić information content (AvgIpc) is 2.84. The van der Waals surface area contributed by atoms with Crippen LogP contribution in [0.15, 0.2) is 72.8 Å². The molecule has 0 aromatic heterocycles. The molecule has 0 aliphatic carbocycles. The Hall–Kier alpha value is -2.89. The zero-order valence-corrected chi connectivity index (χ0v) is 18.6. The summed E-state index contributed by atoms with van der Waals surface area (Å²) in [4.78, 5) is 2.53.